The van der Waals surface area contributed by atoms with Crippen LogP contribution in [0.2, 0.25) is 0 Å². The molecule has 0 saturated carbocycles. The monoisotopic (exact) mass is 370 g/mol. The molecule has 3 aliphatic heterocycles. The molecule has 3 aliphatic rings. The van der Waals surface area contributed by atoms with Crippen molar-refractivity contribution in [3.05, 3.63) is 11.4 Å². The van der Waals surface area contributed by atoms with Gasteiger partial charge >= 0.3 is 0 Å². The van der Waals surface area contributed by atoms with Crippen molar-refractivity contribution in [1.29, 1.82) is 10.5 Å². The highest BCUT2D eigenvalue weighted by atomic mass is 15.4. The molecule has 0 amide bonds. The molecule has 3 fully saturated rings. The third-order valence-electron chi connectivity index (χ3n) is 6.43. The number of nitriles is 2. The van der Waals surface area contributed by atoms with E-state index in [9.17, 15) is 10.5 Å². The van der Waals surface area contributed by atoms with Crippen LogP contribution in [0.1, 0.15) is 46.0 Å². The van der Waals surface area contributed by atoms with Gasteiger partial charge in [0, 0.05) is 51.4 Å². The van der Waals surface area contributed by atoms with E-state index in [4.69, 9.17) is 0 Å². The van der Waals surface area contributed by atoms with Crippen LogP contribution in [-0.4, -0.2) is 84.0 Å². The van der Waals surface area contributed by atoms with Crippen LogP contribution in [-0.2, 0) is 0 Å². The van der Waals surface area contributed by atoms with Crippen LogP contribution >= 0.6 is 0 Å². The molecule has 0 aliphatic carbocycles. The third kappa shape index (κ3) is 4.75. The fraction of sp³-hybridized carbons (Fsp3) is 0.810. The number of hydrogen-bond donors (Lipinski definition) is 0. The molecule has 0 aromatic carbocycles. The van der Waals surface area contributed by atoms with E-state index in [2.05, 4.69) is 45.6 Å². The fourth-order valence-electron chi connectivity index (χ4n) is 4.78. The molecule has 0 radical (unpaired) electrons. The predicted octanol–water partition coefficient (Wildman–Crippen LogP) is 2.22. The zero-order valence-electron chi connectivity index (χ0n) is 17.0. The first-order valence-electron chi connectivity index (χ1n) is 10.7. The summed E-state index contributed by atoms with van der Waals surface area (Å²) in [5.41, 5.74) is 0.289. The molecule has 0 spiro atoms. The minimum atomic E-state index is 0.289. The topological polar surface area (TPSA) is 60.5 Å². The van der Waals surface area contributed by atoms with Gasteiger partial charge in [0.1, 0.15) is 18.0 Å². The van der Waals surface area contributed by atoms with Gasteiger partial charge in [-0.15, -0.1) is 0 Å². The van der Waals surface area contributed by atoms with E-state index in [1.165, 1.54) is 32.4 Å². The van der Waals surface area contributed by atoms with Crippen LogP contribution in [0.15, 0.2) is 11.4 Å². The van der Waals surface area contributed by atoms with E-state index >= 15 is 0 Å². The van der Waals surface area contributed by atoms with E-state index in [0.717, 1.165) is 57.9 Å². The zero-order valence-corrected chi connectivity index (χ0v) is 17.0. The minimum absolute atomic E-state index is 0.289. The van der Waals surface area contributed by atoms with Gasteiger partial charge in [0.15, 0.2) is 5.57 Å². The van der Waals surface area contributed by atoms with Gasteiger partial charge in [-0.1, -0.05) is 6.42 Å². The molecule has 0 N–H and O–H groups in total. The zero-order chi connectivity index (χ0) is 19.2. The summed E-state index contributed by atoms with van der Waals surface area (Å²) < 4.78 is 0. The van der Waals surface area contributed by atoms with Crippen molar-refractivity contribution >= 4 is 0 Å². The first kappa shape index (κ1) is 20.0. The molecular weight excluding hydrogens is 336 g/mol. The number of nitrogens with zero attached hydrogens (tertiary/aromatic N) is 6. The molecule has 148 valence electrons. The second-order valence-corrected chi connectivity index (χ2v) is 8.37. The highest BCUT2D eigenvalue weighted by molar-refractivity contribution is 5.40. The highest BCUT2D eigenvalue weighted by Crippen LogP contribution is 2.29. The Morgan fingerprint density at radius 3 is 2.19 bits per heavy atom. The lowest BCUT2D eigenvalue weighted by Gasteiger charge is -2.40. The molecule has 0 atom stereocenters. The molecule has 0 bridgehead atoms. The van der Waals surface area contributed by atoms with E-state index in [1.807, 2.05) is 0 Å². The van der Waals surface area contributed by atoms with Crippen molar-refractivity contribution in [2.75, 3.05) is 52.4 Å². The lowest BCUT2D eigenvalue weighted by atomic mass is 10.0. The number of likely N-dealkylation sites (tertiary alicyclic amines) is 2. The molecule has 3 saturated heterocycles. The lowest BCUT2D eigenvalue weighted by molar-refractivity contribution is 0.115. The first-order chi connectivity index (χ1) is 13.1. The maximum absolute atomic E-state index is 9.55. The molecule has 3 heterocycles. The third-order valence-corrected chi connectivity index (χ3v) is 6.43. The van der Waals surface area contributed by atoms with Crippen LogP contribution < -0.4 is 0 Å². The van der Waals surface area contributed by atoms with Gasteiger partial charge in [-0.25, -0.2) is 0 Å². The minimum Gasteiger partial charge on any atom is -0.354 e. The Hall–Kier alpha value is -1.76. The van der Waals surface area contributed by atoms with Crippen molar-refractivity contribution in [3.63, 3.8) is 0 Å². The summed E-state index contributed by atoms with van der Waals surface area (Å²) >= 11 is 0. The molecule has 0 unspecified atom stereocenters. The quantitative estimate of drug-likeness (QED) is 0.692. The first-order valence-corrected chi connectivity index (χ1v) is 10.7. The number of hydrogen-bond acceptors (Lipinski definition) is 6. The van der Waals surface area contributed by atoms with Crippen molar-refractivity contribution in [3.8, 4) is 12.1 Å². The van der Waals surface area contributed by atoms with E-state index in [1.54, 1.807) is 0 Å². The molecule has 0 aromatic rings. The van der Waals surface area contributed by atoms with Crippen molar-refractivity contribution in [1.82, 2.24) is 19.6 Å². The molecule has 6 nitrogen and oxygen atoms in total. The van der Waals surface area contributed by atoms with Crippen LogP contribution in [0.4, 0.5) is 0 Å². The second kappa shape index (κ2) is 9.44. The Labute approximate surface area is 164 Å². The molecule has 0 aromatic heterocycles. The molecule has 3 rings (SSSR count). The Kier molecular flexibility index (Phi) is 6.99. The number of piperidine rings is 2. The van der Waals surface area contributed by atoms with Gasteiger partial charge in [0.2, 0.25) is 0 Å². The van der Waals surface area contributed by atoms with Crippen LogP contribution in [0.5, 0.6) is 0 Å². The average molecular weight is 371 g/mol. The van der Waals surface area contributed by atoms with Crippen molar-refractivity contribution in [2.24, 2.45) is 0 Å². The van der Waals surface area contributed by atoms with E-state index < -0.39 is 0 Å². The summed E-state index contributed by atoms with van der Waals surface area (Å²) in [5, 5.41) is 19.1. The van der Waals surface area contributed by atoms with E-state index in [-0.39, 0.29) is 5.57 Å². The molecular formula is C21H34N6. The maximum atomic E-state index is 9.55. The Balaban J connectivity index is 1.67. The van der Waals surface area contributed by atoms with Crippen molar-refractivity contribution < 1.29 is 0 Å². The standard InChI is InChI=1S/C21H34N6/c1-18(2)25-10-6-20(7-11-25)27-15-14-26(21(27)19(16-22)17-23)13-12-24-8-4-3-5-9-24/h18,20H,3-15H2,1-2H3. The van der Waals surface area contributed by atoms with Crippen LogP contribution in [0.25, 0.3) is 0 Å². The van der Waals surface area contributed by atoms with Crippen LogP contribution in [0.3, 0.4) is 0 Å². The summed E-state index contributed by atoms with van der Waals surface area (Å²) in [6, 6.07) is 5.38. The Morgan fingerprint density at radius 1 is 0.926 bits per heavy atom. The SMILES string of the molecule is CC(C)N1CCC(N2CCN(CCN3CCCCC3)C2=C(C#N)C#N)CC1. The van der Waals surface area contributed by atoms with Gasteiger partial charge < -0.3 is 19.6 Å². The summed E-state index contributed by atoms with van der Waals surface area (Å²) in [7, 11) is 0. The van der Waals surface area contributed by atoms with Crippen molar-refractivity contribution in [2.45, 2.75) is 58.0 Å². The summed E-state index contributed by atoms with van der Waals surface area (Å²) in [4.78, 5) is 9.73. The van der Waals surface area contributed by atoms with Gasteiger partial charge in [-0.2, -0.15) is 10.5 Å². The lowest BCUT2D eigenvalue weighted by Crippen LogP contribution is -2.46. The van der Waals surface area contributed by atoms with E-state index in [0.29, 0.717) is 12.1 Å². The number of allylic oxidation sites excluding steroid dienone is 1. The van der Waals surface area contributed by atoms with Gasteiger partial charge in [0.25, 0.3) is 0 Å². The van der Waals surface area contributed by atoms with Gasteiger partial charge in [-0.3, -0.25) is 0 Å². The predicted molar refractivity (Wildman–Crippen MR) is 107 cm³/mol. The summed E-state index contributed by atoms with van der Waals surface area (Å²) in [5.74, 6) is 0.903. The highest BCUT2D eigenvalue weighted by Gasteiger charge is 2.35. The van der Waals surface area contributed by atoms with Gasteiger partial charge in [0.05, 0.1) is 0 Å². The normalized spacial score (nSPS) is 22.9. The number of rotatable bonds is 5. The average Bonchev–Trinajstić information content (AvgIpc) is 3.12. The van der Waals surface area contributed by atoms with Gasteiger partial charge in [-0.05, 0) is 52.6 Å². The molecule has 6 heteroatoms. The molecule has 27 heavy (non-hydrogen) atoms. The maximum Gasteiger partial charge on any atom is 0.169 e. The smallest absolute Gasteiger partial charge is 0.169 e. The Bertz CT molecular complexity index is 583. The summed E-state index contributed by atoms with van der Waals surface area (Å²) in [6.07, 6.45) is 6.18. The second-order valence-electron chi connectivity index (χ2n) is 8.37. The fourth-order valence-corrected chi connectivity index (χ4v) is 4.78. The van der Waals surface area contributed by atoms with Crippen LogP contribution in [0, 0.1) is 22.7 Å². The Morgan fingerprint density at radius 2 is 1.59 bits per heavy atom. The largest absolute Gasteiger partial charge is 0.354 e. The summed E-state index contributed by atoms with van der Waals surface area (Å²) in [6.45, 7) is 12.9.